The van der Waals surface area contributed by atoms with Crippen molar-refractivity contribution in [3.05, 3.63) is 58.2 Å². The summed E-state index contributed by atoms with van der Waals surface area (Å²) in [5.74, 6) is 0.880. The lowest BCUT2D eigenvalue weighted by atomic mass is 9.97. The van der Waals surface area contributed by atoms with Crippen molar-refractivity contribution < 1.29 is 4.79 Å². The molecular weight excluding hydrogens is 406 g/mol. The second-order valence-electron chi connectivity index (χ2n) is 6.96. The standard InChI is InChI=1S/C20H22BrN5O/c1-14-6-4-10-18-23-24-20(26(14)18)25-11-5-8-16(13-25)19(27)22-12-15-7-2-3-9-17(15)21/h2-4,6-7,9-10,16H,5,8,11-13H2,1H3,(H,22,27)/t16-/m1/s1. The summed E-state index contributed by atoms with van der Waals surface area (Å²) in [6, 6.07) is 13.9. The van der Waals surface area contributed by atoms with Gasteiger partial charge in [0, 0.05) is 29.8 Å². The number of aromatic nitrogens is 3. The average molecular weight is 428 g/mol. The maximum absolute atomic E-state index is 12.7. The van der Waals surface area contributed by atoms with Gasteiger partial charge in [-0.25, -0.2) is 0 Å². The van der Waals surface area contributed by atoms with Crippen molar-refractivity contribution >= 4 is 33.4 Å². The van der Waals surface area contributed by atoms with Crippen LogP contribution in [-0.4, -0.2) is 33.6 Å². The van der Waals surface area contributed by atoms with Crippen LogP contribution < -0.4 is 10.2 Å². The molecule has 3 aromatic rings. The van der Waals surface area contributed by atoms with E-state index in [4.69, 9.17) is 0 Å². The molecule has 0 aliphatic carbocycles. The zero-order valence-electron chi connectivity index (χ0n) is 15.2. The summed E-state index contributed by atoms with van der Waals surface area (Å²) in [6.45, 7) is 4.13. The molecule has 2 aromatic heterocycles. The van der Waals surface area contributed by atoms with Crippen LogP contribution in [0, 0.1) is 12.8 Å². The van der Waals surface area contributed by atoms with Gasteiger partial charge in [-0.3, -0.25) is 9.20 Å². The fourth-order valence-electron chi connectivity index (χ4n) is 3.63. The number of nitrogens with zero attached hydrogens (tertiary/aromatic N) is 4. The van der Waals surface area contributed by atoms with Crippen molar-refractivity contribution in [2.24, 2.45) is 5.92 Å². The number of hydrogen-bond donors (Lipinski definition) is 1. The molecule has 6 nitrogen and oxygen atoms in total. The highest BCUT2D eigenvalue weighted by Gasteiger charge is 2.28. The molecule has 7 heteroatoms. The fourth-order valence-corrected chi connectivity index (χ4v) is 4.05. The van der Waals surface area contributed by atoms with Gasteiger partial charge in [0.25, 0.3) is 0 Å². The maximum atomic E-state index is 12.7. The second kappa shape index (κ2) is 7.68. The number of piperidine rings is 1. The molecule has 0 unspecified atom stereocenters. The Kier molecular flexibility index (Phi) is 5.11. The molecule has 1 aliphatic rings. The minimum atomic E-state index is -0.0439. The normalized spacial score (nSPS) is 17.3. The number of halogens is 1. The van der Waals surface area contributed by atoms with Crippen LogP contribution in [0.4, 0.5) is 5.95 Å². The molecule has 0 saturated carbocycles. The number of aryl methyl sites for hydroxylation is 1. The number of anilines is 1. The van der Waals surface area contributed by atoms with Crippen LogP contribution in [-0.2, 0) is 11.3 Å². The molecule has 0 spiro atoms. The Labute approximate surface area is 166 Å². The third kappa shape index (κ3) is 3.69. The molecule has 0 radical (unpaired) electrons. The van der Waals surface area contributed by atoms with Crippen LogP contribution in [0.25, 0.3) is 5.65 Å². The van der Waals surface area contributed by atoms with Crippen molar-refractivity contribution in [1.82, 2.24) is 19.9 Å². The quantitative estimate of drug-likeness (QED) is 0.693. The first kappa shape index (κ1) is 18.0. The molecule has 140 valence electrons. The van der Waals surface area contributed by atoms with Gasteiger partial charge in [0.15, 0.2) is 5.65 Å². The Morgan fingerprint density at radius 3 is 2.93 bits per heavy atom. The summed E-state index contributed by atoms with van der Waals surface area (Å²) in [6.07, 6.45) is 1.86. The minimum absolute atomic E-state index is 0.0439. The number of pyridine rings is 1. The predicted octanol–water partition coefficient (Wildman–Crippen LogP) is 3.33. The highest BCUT2D eigenvalue weighted by Crippen LogP contribution is 2.24. The van der Waals surface area contributed by atoms with E-state index in [1.807, 2.05) is 49.4 Å². The van der Waals surface area contributed by atoms with E-state index in [0.29, 0.717) is 13.1 Å². The van der Waals surface area contributed by atoms with Gasteiger partial charge in [0.1, 0.15) is 0 Å². The number of amides is 1. The Hall–Kier alpha value is -2.41. The van der Waals surface area contributed by atoms with Crippen molar-refractivity contribution in [3.63, 3.8) is 0 Å². The molecule has 27 heavy (non-hydrogen) atoms. The third-order valence-corrected chi connectivity index (χ3v) is 5.87. The maximum Gasteiger partial charge on any atom is 0.231 e. The van der Waals surface area contributed by atoms with E-state index < -0.39 is 0 Å². The summed E-state index contributed by atoms with van der Waals surface area (Å²) in [5.41, 5.74) is 3.01. The number of rotatable bonds is 4. The van der Waals surface area contributed by atoms with Gasteiger partial charge in [-0.1, -0.05) is 40.2 Å². The summed E-state index contributed by atoms with van der Waals surface area (Å²) < 4.78 is 3.07. The smallest absolute Gasteiger partial charge is 0.231 e. The van der Waals surface area contributed by atoms with E-state index in [1.54, 1.807) is 0 Å². The van der Waals surface area contributed by atoms with Crippen LogP contribution in [0.3, 0.4) is 0 Å². The first-order valence-corrected chi connectivity index (χ1v) is 9.99. The molecule has 1 aliphatic heterocycles. The lowest BCUT2D eigenvalue weighted by molar-refractivity contribution is -0.125. The van der Waals surface area contributed by atoms with E-state index in [1.165, 1.54) is 0 Å². The third-order valence-electron chi connectivity index (χ3n) is 5.09. The van der Waals surface area contributed by atoms with Crippen LogP contribution in [0.1, 0.15) is 24.1 Å². The zero-order valence-corrected chi connectivity index (χ0v) is 16.8. The molecule has 1 aromatic carbocycles. The summed E-state index contributed by atoms with van der Waals surface area (Å²) in [5, 5.41) is 11.7. The van der Waals surface area contributed by atoms with Gasteiger partial charge < -0.3 is 10.2 Å². The summed E-state index contributed by atoms with van der Waals surface area (Å²) in [4.78, 5) is 14.9. The number of carbonyl (C=O) groups is 1. The van der Waals surface area contributed by atoms with Gasteiger partial charge in [-0.05, 0) is 43.5 Å². The van der Waals surface area contributed by atoms with Crippen LogP contribution in [0.5, 0.6) is 0 Å². The zero-order chi connectivity index (χ0) is 18.8. The van der Waals surface area contributed by atoms with E-state index in [-0.39, 0.29) is 11.8 Å². The first-order chi connectivity index (χ1) is 13.1. The highest BCUT2D eigenvalue weighted by molar-refractivity contribution is 9.10. The minimum Gasteiger partial charge on any atom is -0.352 e. The topological polar surface area (TPSA) is 62.5 Å². The highest BCUT2D eigenvalue weighted by atomic mass is 79.9. The summed E-state index contributed by atoms with van der Waals surface area (Å²) >= 11 is 3.53. The number of carbonyl (C=O) groups excluding carboxylic acids is 1. The lowest BCUT2D eigenvalue weighted by Crippen LogP contribution is -2.43. The number of fused-ring (bicyclic) bond motifs is 1. The molecule has 3 heterocycles. The van der Waals surface area contributed by atoms with E-state index in [0.717, 1.165) is 46.7 Å². The van der Waals surface area contributed by atoms with Crippen molar-refractivity contribution in [2.75, 3.05) is 18.0 Å². The Bertz CT molecular complexity index is 970. The largest absolute Gasteiger partial charge is 0.352 e. The number of hydrogen-bond acceptors (Lipinski definition) is 4. The van der Waals surface area contributed by atoms with Gasteiger partial charge in [0.05, 0.1) is 5.92 Å². The number of nitrogens with one attached hydrogen (secondary N) is 1. The Morgan fingerprint density at radius 1 is 1.22 bits per heavy atom. The molecule has 1 N–H and O–H groups in total. The van der Waals surface area contributed by atoms with Crippen molar-refractivity contribution in [1.29, 1.82) is 0 Å². The molecule has 1 atom stereocenters. The SMILES string of the molecule is Cc1cccc2nnc(N3CCC[C@@H](C(=O)NCc4ccccc4Br)C3)n12. The van der Waals surface area contributed by atoms with Crippen LogP contribution in [0.2, 0.25) is 0 Å². The van der Waals surface area contributed by atoms with Gasteiger partial charge >= 0.3 is 0 Å². The average Bonchev–Trinajstić information content (AvgIpc) is 3.13. The van der Waals surface area contributed by atoms with Crippen LogP contribution in [0.15, 0.2) is 46.9 Å². The second-order valence-corrected chi connectivity index (χ2v) is 7.81. The Balaban J connectivity index is 1.46. The summed E-state index contributed by atoms with van der Waals surface area (Å²) in [7, 11) is 0. The van der Waals surface area contributed by atoms with E-state index in [2.05, 4.69) is 40.7 Å². The molecule has 1 saturated heterocycles. The molecule has 1 fully saturated rings. The molecule has 0 bridgehead atoms. The lowest BCUT2D eigenvalue weighted by Gasteiger charge is -2.32. The van der Waals surface area contributed by atoms with E-state index >= 15 is 0 Å². The predicted molar refractivity (Wildman–Crippen MR) is 109 cm³/mol. The van der Waals surface area contributed by atoms with Gasteiger partial charge in [-0.2, -0.15) is 0 Å². The van der Waals surface area contributed by atoms with Crippen molar-refractivity contribution in [2.45, 2.75) is 26.3 Å². The number of benzene rings is 1. The van der Waals surface area contributed by atoms with E-state index in [9.17, 15) is 4.79 Å². The first-order valence-electron chi connectivity index (χ1n) is 9.20. The van der Waals surface area contributed by atoms with Gasteiger partial charge in [-0.15, -0.1) is 10.2 Å². The monoisotopic (exact) mass is 427 g/mol. The molecular formula is C20H22BrN5O. The molecule has 4 rings (SSSR count). The fraction of sp³-hybridized carbons (Fsp3) is 0.350. The van der Waals surface area contributed by atoms with Crippen LogP contribution >= 0.6 is 15.9 Å². The van der Waals surface area contributed by atoms with Gasteiger partial charge in [0.2, 0.25) is 11.9 Å². The van der Waals surface area contributed by atoms with Crippen molar-refractivity contribution in [3.8, 4) is 0 Å². The Morgan fingerprint density at radius 2 is 2.07 bits per heavy atom. The molecule has 1 amide bonds.